The van der Waals surface area contributed by atoms with Crippen molar-refractivity contribution >= 4 is 22.0 Å². The molecule has 0 aromatic heterocycles. The maximum atomic E-state index is 12.4. The van der Waals surface area contributed by atoms with E-state index in [0.717, 1.165) is 5.56 Å². The second kappa shape index (κ2) is 7.21. The number of nitrogens with one attached hydrogen (secondary N) is 1. The van der Waals surface area contributed by atoms with Gasteiger partial charge in [0.15, 0.2) is 11.5 Å². The van der Waals surface area contributed by atoms with Gasteiger partial charge in [-0.15, -0.1) is 0 Å². The van der Waals surface area contributed by atoms with E-state index in [2.05, 4.69) is 4.72 Å². The number of hydrogen-bond donors (Lipinski definition) is 1. The first kappa shape index (κ1) is 18.0. The zero-order chi connectivity index (χ0) is 18.7. The summed E-state index contributed by atoms with van der Waals surface area (Å²) >= 11 is 0. The van der Waals surface area contributed by atoms with Crippen LogP contribution in [0.25, 0.3) is 6.08 Å². The summed E-state index contributed by atoms with van der Waals surface area (Å²) in [5, 5.41) is 0. The monoisotopic (exact) mass is 373 g/mol. The molecule has 1 aliphatic heterocycles. The van der Waals surface area contributed by atoms with Crippen LogP contribution in [0.4, 0.5) is 0 Å². The number of rotatable bonds is 4. The molecule has 0 fully saturated rings. The van der Waals surface area contributed by atoms with Crippen molar-refractivity contribution in [1.29, 1.82) is 0 Å². The van der Waals surface area contributed by atoms with Gasteiger partial charge < -0.3 is 9.47 Å². The Labute approximate surface area is 152 Å². The summed E-state index contributed by atoms with van der Waals surface area (Å²) in [6, 6.07) is 10.3. The van der Waals surface area contributed by atoms with Gasteiger partial charge in [-0.25, -0.2) is 13.1 Å². The van der Waals surface area contributed by atoms with Crippen molar-refractivity contribution in [2.24, 2.45) is 0 Å². The average molecular weight is 373 g/mol. The lowest BCUT2D eigenvalue weighted by Gasteiger charge is -2.18. The zero-order valence-electron chi connectivity index (χ0n) is 14.5. The van der Waals surface area contributed by atoms with Gasteiger partial charge in [0.2, 0.25) is 0 Å². The van der Waals surface area contributed by atoms with Crippen molar-refractivity contribution in [3.63, 3.8) is 0 Å². The molecule has 1 aliphatic rings. The van der Waals surface area contributed by atoms with Crippen LogP contribution in [0.5, 0.6) is 11.5 Å². The van der Waals surface area contributed by atoms with Crippen LogP contribution < -0.4 is 14.2 Å². The molecule has 1 amide bonds. The summed E-state index contributed by atoms with van der Waals surface area (Å²) in [5.41, 5.74) is 2.08. The standard InChI is InChI=1S/C19H19NO5S/c1-13-3-4-14(2)18(11-13)26(22,23)20-19(21)8-6-15-5-7-16-17(12-15)25-10-9-24-16/h3-8,11-12H,9-10H2,1-2H3,(H,20,21)/b8-6+. The van der Waals surface area contributed by atoms with E-state index in [1.807, 2.05) is 6.07 Å². The molecule has 7 heteroatoms. The predicted octanol–water partition coefficient (Wildman–Crippen LogP) is 2.59. The molecular formula is C19H19NO5S. The molecule has 0 saturated carbocycles. The molecular weight excluding hydrogens is 354 g/mol. The molecule has 0 saturated heterocycles. The highest BCUT2D eigenvalue weighted by Crippen LogP contribution is 2.31. The molecule has 0 bridgehead atoms. The molecule has 1 heterocycles. The van der Waals surface area contributed by atoms with E-state index >= 15 is 0 Å². The fourth-order valence-electron chi connectivity index (χ4n) is 2.55. The fraction of sp³-hybridized carbons (Fsp3) is 0.211. The van der Waals surface area contributed by atoms with Crippen LogP contribution in [0.2, 0.25) is 0 Å². The maximum absolute atomic E-state index is 12.4. The first-order chi connectivity index (χ1) is 12.3. The normalized spacial score (nSPS) is 13.6. The maximum Gasteiger partial charge on any atom is 0.264 e. The van der Waals surface area contributed by atoms with Crippen molar-refractivity contribution < 1.29 is 22.7 Å². The first-order valence-electron chi connectivity index (χ1n) is 8.07. The van der Waals surface area contributed by atoms with E-state index in [9.17, 15) is 13.2 Å². The molecule has 0 atom stereocenters. The molecule has 136 valence electrons. The summed E-state index contributed by atoms with van der Waals surface area (Å²) in [5.74, 6) is 0.526. The topological polar surface area (TPSA) is 81.7 Å². The number of sulfonamides is 1. The third-order valence-corrected chi connectivity index (χ3v) is 5.35. The fourth-order valence-corrected chi connectivity index (χ4v) is 3.83. The lowest BCUT2D eigenvalue weighted by molar-refractivity contribution is -0.114. The molecule has 1 N–H and O–H groups in total. The van der Waals surface area contributed by atoms with Crippen LogP contribution in [0, 0.1) is 13.8 Å². The van der Waals surface area contributed by atoms with E-state index in [0.29, 0.717) is 35.8 Å². The summed E-state index contributed by atoms with van der Waals surface area (Å²) < 4.78 is 37.8. The predicted molar refractivity (Wildman–Crippen MR) is 97.7 cm³/mol. The Bertz CT molecular complexity index is 979. The number of carbonyl (C=O) groups excluding carboxylic acids is 1. The Morgan fingerprint density at radius 1 is 1.04 bits per heavy atom. The lowest BCUT2D eigenvalue weighted by atomic mass is 10.2. The summed E-state index contributed by atoms with van der Waals surface area (Å²) in [6.45, 7) is 4.45. The number of benzene rings is 2. The van der Waals surface area contributed by atoms with Gasteiger partial charge in [-0.05, 0) is 54.8 Å². The molecule has 6 nitrogen and oxygen atoms in total. The Balaban J connectivity index is 1.74. The van der Waals surface area contributed by atoms with E-state index in [1.54, 1.807) is 38.1 Å². The highest BCUT2D eigenvalue weighted by atomic mass is 32.2. The molecule has 2 aromatic rings. The average Bonchev–Trinajstić information content (AvgIpc) is 2.61. The number of aryl methyl sites for hydroxylation is 2. The van der Waals surface area contributed by atoms with Gasteiger partial charge in [-0.1, -0.05) is 18.2 Å². The third-order valence-electron chi connectivity index (χ3n) is 3.86. The number of hydrogen-bond acceptors (Lipinski definition) is 5. The quantitative estimate of drug-likeness (QED) is 0.833. The van der Waals surface area contributed by atoms with Crippen LogP contribution in [-0.4, -0.2) is 27.5 Å². The highest BCUT2D eigenvalue weighted by molar-refractivity contribution is 7.90. The van der Waals surface area contributed by atoms with Crippen LogP contribution >= 0.6 is 0 Å². The van der Waals surface area contributed by atoms with Crippen molar-refractivity contribution in [2.75, 3.05) is 13.2 Å². The highest BCUT2D eigenvalue weighted by Gasteiger charge is 2.19. The molecule has 3 rings (SSSR count). The van der Waals surface area contributed by atoms with Crippen LogP contribution in [0.15, 0.2) is 47.4 Å². The van der Waals surface area contributed by atoms with Crippen molar-refractivity contribution in [3.05, 3.63) is 59.2 Å². The molecule has 0 unspecified atom stereocenters. The van der Waals surface area contributed by atoms with Gasteiger partial charge in [0.05, 0.1) is 4.90 Å². The van der Waals surface area contributed by atoms with E-state index < -0.39 is 15.9 Å². The number of amides is 1. The largest absolute Gasteiger partial charge is 0.486 e. The first-order valence-corrected chi connectivity index (χ1v) is 9.55. The molecule has 2 aromatic carbocycles. The zero-order valence-corrected chi connectivity index (χ0v) is 15.3. The minimum Gasteiger partial charge on any atom is -0.486 e. The van der Waals surface area contributed by atoms with E-state index in [4.69, 9.17) is 9.47 Å². The van der Waals surface area contributed by atoms with Gasteiger partial charge in [0, 0.05) is 6.08 Å². The van der Waals surface area contributed by atoms with Gasteiger partial charge in [0.25, 0.3) is 15.9 Å². The Hall–Kier alpha value is -2.80. The Morgan fingerprint density at radius 2 is 1.77 bits per heavy atom. The van der Waals surface area contributed by atoms with E-state index in [1.165, 1.54) is 18.2 Å². The summed E-state index contributed by atoms with van der Waals surface area (Å²) in [6.07, 6.45) is 2.69. The Morgan fingerprint density at radius 3 is 2.54 bits per heavy atom. The second-order valence-corrected chi connectivity index (χ2v) is 7.63. The van der Waals surface area contributed by atoms with Gasteiger partial charge in [-0.2, -0.15) is 0 Å². The van der Waals surface area contributed by atoms with Gasteiger partial charge in [0.1, 0.15) is 13.2 Å². The molecule has 0 radical (unpaired) electrons. The van der Waals surface area contributed by atoms with Crippen LogP contribution in [0.1, 0.15) is 16.7 Å². The molecule has 0 spiro atoms. The lowest BCUT2D eigenvalue weighted by Crippen LogP contribution is -2.29. The number of carbonyl (C=O) groups is 1. The minimum absolute atomic E-state index is 0.0959. The molecule has 26 heavy (non-hydrogen) atoms. The van der Waals surface area contributed by atoms with Gasteiger partial charge >= 0.3 is 0 Å². The summed E-state index contributed by atoms with van der Waals surface area (Å²) in [4.78, 5) is 12.2. The minimum atomic E-state index is -3.93. The SMILES string of the molecule is Cc1ccc(C)c(S(=O)(=O)NC(=O)/C=C/c2ccc3c(c2)OCCO3)c1. The van der Waals surface area contributed by atoms with Gasteiger partial charge in [-0.3, -0.25) is 4.79 Å². The number of fused-ring (bicyclic) bond motifs is 1. The van der Waals surface area contributed by atoms with Crippen LogP contribution in [-0.2, 0) is 14.8 Å². The third kappa shape index (κ3) is 4.05. The van der Waals surface area contributed by atoms with Crippen molar-refractivity contribution in [3.8, 4) is 11.5 Å². The Kier molecular flexibility index (Phi) is 4.99. The van der Waals surface area contributed by atoms with E-state index in [-0.39, 0.29) is 4.90 Å². The summed E-state index contributed by atoms with van der Waals surface area (Å²) in [7, 11) is -3.93. The number of ether oxygens (including phenoxy) is 2. The molecule has 0 aliphatic carbocycles. The van der Waals surface area contributed by atoms with Crippen molar-refractivity contribution in [1.82, 2.24) is 4.72 Å². The van der Waals surface area contributed by atoms with Crippen molar-refractivity contribution in [2.45, 2.75) is 18.7 Å². The smallest absolute Gasteiger partial charge is 0.264 e. The second-order valence-electron chi connectivity index (χ2n) is 5.98. The van der Waals surface area contributed by atoms with Crippen LogP contribution in [0.3, 0.4) is 0 Å².